The van der Waals surface area contributed by atoms with E-state index in [0.717, 1.165) is 24.2 Å². The summed E-state index contributed by atoms with van der Waals surface area (Å²) in [5.74, 6) is -3.35. The Labute approximate surface area is 308 Å². The number of carbonyl (C=O) groups excluding carboxylic acids is 7. The zero-order valence-electron chi connectivity index (χ0n) is 32.5. The van der Waals surface area contributed by atoms with Crippen LogP contribution in [0.5, 0.6) is 0 Å². The number of benzene rings is 1. The highest BCUT2D eigenvalue weighted by Crippen LogP contribution is 2.32. The summed E-state index contributed by atoms with van der Waals surface area (Å²) in [6.07, 6.45) is 4.97. The summed E-state index contributed by atoms with van der Waals surface area (Å²) in [6, 6.07) is 2.26. The zero-order valence-corrected chi connectivity index (χ0v) is 32.5. The second kappa shape index (κ2) is 17.6. The molecule has 288 valence electrons. The number of nitrogens with zero attached hydrogens (tertiary/aromatic N) is 2. The molecule has 2 heterocycles. The predicted molar refractivity (Wildman–Crippen MR) is 198 cm³/mol. The number of likely N-dealkylation sites (tertiary alicyclic amines) is 1. The number of amides is 6. The lowest BCUT2D eigenvalue weighted by molar-refractivity contribution is -0.144. The van der Waals surface area contributed by atoms with Gasteiger partial charge in [0.1, 0.15) is 12.1 Å². The van der Waals surface area contributed by atoms with Gasteiger partial charge in [-0.15, -0.1) is 0 Å². The van der Waals surface area contributed by atoms with Gasteiger partial charge in [-0.05, 0) is 47.6 Å². The number of hydrogen-bond donors (Lipinski definition) is 4. The van der Waals surface area contributed by atoms with Crippen molar-refractivity contribution in [1.29, 1.82) is 0 Å². The molecule has 1 aliphatic carbocycles. The quantitative estimate of drug-likeness (QED) is 0.185. The van der Waals surface area contributed by atoms with Crippen molar-refractivity contribution < 1.29 is 33.6 Å². The number of nitrogens with two attached hydrogens (primary N) is 1. The van der Waals surface area contributed by atoms with Crippen molar-refractivity contribution in [3.05, 3.63) is 35.4 Å². The molecule has 13 heteroatoms. The van der Waals surface area contributed by atoms with E-state index in [2.05, 4.69) is 29.8 Å². The average molecular weight is 725 g/mol. The Morgan fingerprint density at radius 3 is 1.88 bits per heavy atom. The van der Waals surface area contributed by atoms with Gasteiger partial charge in [-0.2, -0.15) is 0 Å². The van der Waals surface area contributed by atoms with Crippen LogP contribution < -0.4 is 21.7 Å². The Bertz CT molecular complexity index is 1470. The Kier molecular flexibility index (Phi) is 14.3. The van der Waals surface area contributed by atoms with Crippen molar-refractivity contribution in [2.24, 2.45) is 28.4 Å². The van der Waals surface area contributed by atoms with Crippen molar-refractivity contribution in [3.8, 4) is 0 Å². The van der Waals surface area contributed by atoms with Crippen LogP contribution in [-0.4, -0.2) is 94.8 Å². The van der Waals surface area contributed by atoms with Gasteiger partial charge in [0.2, 0.25) is 23.4 Å². The Hall–Kier alpha value is -4.13. The molecule has 5 N–H and O–H groups in total. The fraction of sp³-hybridized carbons (Fsp3) is 0.667. The molecule has 1 saturated carbocycles. The fourth-order valence-corrected chi connectivity index (χ4v) is 6.71. The first-order chi connectivity index (χ1) is 24.3. The minimum Gasteiger partial charge on any atom is -0.344 e. The van der Waals surface area contributed by atoms with E-state index in [1.165, 1.54) is 11.3 Å². The lowest BCUT2D eigenvalue weighted by atomic mass is 9.79. The molecule has 2 aliphatic heterocycles. The van der Waals surface area contributed by atoms with Crippen LogP contribution in [0.25, 0.3) is 0 Å². The summed E-state index contributed by atoms with van der Waals surface area (Å²) >= 11 is 0. The third kappa shape index (κ3) is 10.0. The van der Waals surface area contributed by atoms with Gasteiger partial charge in [0.05, 0.1) is 36.3 Å². The number of urea groups is 1. The van der Waals surface area contributed by atoms with Crippen molar-refractivity contribution in [1.82, 2.24) is 25.8 Å². The maximum atomic E-state index is 14.2. The largest absolute Gasteiger partial charge is 0.344 e. The molecule has 0 radical (unpaired) electrons. The number of fused-ring (bicyclic) bond motifs is 1. The van der Waals surface area contributed by atoms with E-state index in [1.54, 1.807) is 45.0 Å². The molecule has 6 amide bonds. The molecule has 5 unspecified atom stereocenters. The fourth-order valence-electron chi connectivity index (χ4n) is 6.71. The smallest absolute Gasteiger partial charge is 0.315 e. The van der Waals surface area contributed by atoms with Gasteiger partial charge in [-0.3, -0.25) is 33.7 Å². The van der Waals surface area contributed by atoms with Gasteiger partial charge in [-0.1, -0.05) is 100 Å². The molecule has 0 spiro atoms. The van der Waals surface area contributed by atoms with E-state index in [4.69, 9.17) is 5.73 Å². The Balaban J connectivity index is 0.00000235. The predicted octanol–water partition coefficient (Wildman–Crippen LogP) is 3.84. The van der Waals surface area contributed by atoms with Gasteiger partial charge in [0.25, 0.3) is 11.8 Å². The normalized spacial score (nSPS) is 20.5. The molecule has 2 fully saturated rings. The molecule has 0 aromatic heterocycles. The first-order valence-corrected chi connectivity index (χ1v) is 18.7. The maximum Gasteiger partial charge on any atom is 0.315 e. The summed E-state index contributed by atoms with van der Waals surface area (Å²) < 4.78 is 0. The second-order valence-electron chi connectivity index (χ2n) is 16.6. The molecule has 4 rings (SSSR count). The number of imide groups is 1. The van der Waals surface area contributed by atoms with Gasteiger partial charge in [0, 0.05) is 6.54 Å². The molecular weight excluding hydrogens is 664 g/mol. The molecule has 5 atom stereocenters. The summed E-state index contributed by atoms with van der Waals surface area (Å²) in [4.78, 5) is 95.5. The number of nitrogens with one attached hydrogen (secondary N) is 3. The average Bonchev–Trinajstić information content (AvgIpc) is 3.55. The molecule has 13 nitrogen and oxygen atoms in total. The summed E-state index contributed by atoms with van der Waals surface area (Å²) in [5, 5.41) is 8.50. The zero-order chi connectivity index (χ0) is 39.1. The maximum absolute atomic E-state index is 14.2. The third-order valence-electron chi connectivity index (χ3n) is 10.1. The van der Waals surface area contributed by atoms with E-state index < -0.39 is 82.8 Å². The number of Topliss-reactive ketones (excluding diaryl/α,β-unsaturated/α-hetero) is 2. The molecule has 3 aliphatic rings. The van der Waals surface area contributed by atoms with E-state index in [9.17, 15) is 33.6 Å². The van der Waals surface area contributed by atoms with Gasteiger partial charge in [0.15, 0.2) is 0 Å². The molecule has 1 aromatic rings. The van der Waals surface area contributed by atoms with Crippen LogP contribution >= 0.6 is 0 Å². The lowest BCUT2D eigenvalue weighted by Crippen LogP contribution is -2.62. The van der Waals surface area contributed by atoms with Crippen LogP contribution in [0, 0.1) is 22.7 Å². The first-order valence-electron chi connectivity index (χ1n) is 18.7. The SMILES string of the molecule is CC1CCN(C(=O)C(NC(=O)NC(CN2C(=O)c3ccccc3C2=O)C(C)(C)C)C(C)(C)C)C1C(=O)NC(CC1CCC1)C(=O)C(=O)CN.CCC. The van der Waals surface area contributed by atoms with E-state index in [1.807, 2.05) is 27.7 Å². The van der Waals surface area contributed by atoms with Crippen LogP contribution in [-0.2, 0) is 19.2 Å². The molecule has 52 heavy (non-hydrogen) atoms. The van der Waals surface area contributed by atoms with E-state index in [-0.39, 0.29) is 24.9 Å². The highest BCUT2D eigenvalue weighted by molar-refractivity contribution is 6.40. The van der Waals surface area contributed by atoms with Crippen molar-refractivity contribution in [2.45, 2.75) is 125 Å². The van der Waals surface area contributed by atoms with Crippen LogP contribution in [0.1, 0.15) is 122 Å². The van der Waals surface area contributed by atoms with Crippen molar-refractivity contribution in [2.75, 3.05) is 19.6 Å². The Morgan fingerprint density at radius 1 is 0.865 bits per heavy atom. The van der Waals surface area contributed by atoms with Crippen LogP contribution in [0.15, 0.2) is 24.3 Å². The monoisotopic (exact) mass is 724 g/mol. The van der Waals surface area contributed by atoms with Gasteiger partial charge >= 0.3 is 6.03 Å². The molecule has 0 bridgehead atoms. The first kappa shape index (κ1) is 42.3. The van der Waals surface area contributed by atoms with Crippen LogP contribution in [0.2, 0.25) is 0 Å². The summed E-state index contributed by atoms with van der Waals surface area (Å²) in [6.45, 7) is 16.9. The highest BCUT2D eigenvalue weighted by Gasteiger charge is 2.46. The number of rotatable bonds is 12. The van der Waals surface area contributed by atoms with Crippen molar-refractivity contribution >= 4 is 41.2 Å². The summed E-state index contributed by atoms with van der Waals surface area (Å²) in [7, 11) is 0. The van der Waals surface area contributed by atoms with Crippen molar-refractivity contribution in [3.63, 3.8) is 0 Å². The van der Waals surface area contributed by atoms with Crippen LogP contribution in [0.3, 0.4) is 0 Å². The number of carbonyl (C=O) groups is 7. The topological polar surface area (TPSA) is 188 Å². The lowest BCUT2D eigenvalue weighted by Gasteiger charge is -2.38. The summed E-state index contributed by atoms with van der Waals surface area (Å²) in [5.41, 5.74) is 4.71. The molecule has 1 saturated heterocycles. The highest BCUT2D eigenvalue weighted by atomic mass is 16.2. The van der Waals surface area contributed by atoms with E-state index >= 15 is 0 Å². The van der Waals surface area contributed by atoms with E-state index in [0.29, 0.717) is 24.0 Å². The number of ketones is 2. The molecular formula is C39H60N6O7. The van der Waals surface area contributed by atoms with Gasteiger partial charge in [-0.25, -0.2) is 4.79 Å². The second-order valence-corrected chi connectivity index (χ2v) is 16.6. The third-order valence-corrected chi connectivity index (χ3v) is 10.1. The van der Waals surface area contributed by atoms with Crippen LogP contribution in [0.4, 0.5) is 4.79 Å². The number of hydrogen-bond acceptors (Lipinski definition) is 8. The minimum absolute atomic E-state index is 0.0727. The molecule has 1 aromatic carbocycles. The Morgan fingerprint density at radius 2 is 1.42 bits per heavy atom. The standard InChI is InChI=1S/C36H52N6O7.C3H8/c1-20-15-16-41(27(20)30(45)38-24(17-21-11-10-12-21)28(44)25(43)18-37)33(48)29(36(5,6)7)40-34(49)39-26(35(2,3)4)19-42-31(46)22-13-8-9-14-23(22)32(42)47;1-3-2/h8-9,13-14,20-21,24,26-27,29H,10-12,15-19,37H2,1-7H3,(H,38,45)(H2,39,40,49);3H2,1-2H3. The van der Waals surface area contributed by atoms with Gasteiger partial charge < -0.3 is 26.6 Å². The minimum atomic E-state index is -1.06.